The number of esters is 1. The summed E-state index contributed by atoms with van der Waals surface area (Å²) in [5.74, 6) is -0.0102. The predicted molar refractivity (Wildman–Crippen MR) is 113 cm³/mol. The van der Waals surface area contributed by atoms with Crippen LogP contribution in [-0.2, 0) is 16.1 Å². The van der Waals surface area contributed by atoms with Gasteiger partial charge in [-0.15, -0.1) is 0 Å². The number of ether oxygens (including phenoxy) is 3. The summed E-state index contributed by atoms with van der Waals surface area (Å²) in [4.78, 5) is 37.8. The van der Waals surface area contributed by atoms with Crippen molar-refractivity contribution in [1.29, 1.82) is 0 Å². The van der Waals surface area contributed by atoms with E-state index in [-0.39, 0.29) is 17.6 Å². The molecule has 9 heteroatoms. The monoisotopic (exact) mass is 425 g/mol. The van der Waals surface area contributed by atoms with Crippen LogP contribution >= 0.6 is 0 Å². The zero-order valence-electron chi connectivity index (χ0n) is 17.7. The molecule has 0 saturated heterocycles. The van der Waals surface area contributed by atoms with Gasteiger partial charge in [-0.2, -0.15) is 5.10 Å². The second-order valence-corrected chi connectivity index (χ2v) is 6.72. The van der Waals surface area contributed by atoms with Gasteiger partial charge < -0.3 is 19.5 Å². The summed E-state index contributed by atoms with van der Waals surface area (Å²) >= 11 is 0. The van der Waals surface area contributed by atoms with Crippen LogP contribution in [0.25, 0.3) is 10.8 Å². The SMILES string of the molecule is COC(=O)c1nn([C@@H](C)C(=O)NCc2ccc(OC)c(OC)c2)c(=O)c2ccccc12. The lowest BCUT2D eigenvalue weighted by Crippen LogP contribution is -2.37. The minimum atomic E-state index is -0.958. The van der Waals surface area contributed by atoms with Crippen molar-refractivity contribution in [1.82, 2.24) is 15.1 Å². The van der Waals surface area contributed by atoms with E-state index in [1.54, 1.807) is 42.5 Å². The molecule has 1 heterocycles. The number of carbonyl (C=O) groups is 2. The molecule has 3 aromatic rings. The Morgan fingerprint density at radius 1 is 1.03 bits per heavy atom. The van der Waals surface area contributed by atoms with Crippen molar-refractivity contribution in [3.05, 3.63) is 64.1 Å². The number of methoxy groups -OCH3 is 3. The van der Waals surface area contributed by atoms with E-state index >= 15 is 0 Å². The van der Waals surface area contributed by atoms with E-state index in [0.717, 1.165) is 10.2 Å². The van der Waals surface area contributed by atoms with Crippen LogP contribution in [0.2, 0.25) is 0 Å². The number of benzene rings is 2. The average Bonchev–Trinajstić information content (AvgIpc) is 2.81. The highest BCUT2D eigenvalue weighted by molar-refractivity contribution is 6.02. The van der Waals surface area contributed by atoms with Gasteiger partial charge in [-0.25, -0.2) is 9.48 Å². The minimum Gasteiger partial charge on any atom is -0.493 e. The molecule has 1 N–H and O–H groups in total. The topological polar surface area (TPSA) is 109 Å². The molecule has 0 radical (unpaired) electrons. The molecule has 0 spiro atoms. The molecule has 31 heavy (non-hydrogen) atoms. The Bertz CT molecular complexity index is 1190. The standard InChI is InChI=1S/C22H23N3O6/c1-13(20(26)23-12-14-9-10-17(29-2)18(11-14)30-3)25-21(27)16-8-6-5-7-15(16)19(24-25)22(28)31-4/h5-11,13H,12H2,1-4H3,(H,23,26)/t13-/m0/s1. The van der Waals surface area contributed by atoms with Crippen molar-refractivity contribution in [3.8, 4) is 11.5 Å². The third-order valence-corrected chi connectivity index (χ3v) is 4.87. The van der Waals surface area contributed by atoms with E-state index in [2.05, 4.69) is 10.4 Å². The zero-order valence-corrected chi connectivity index (χ0v) is 17.7. The highest BCUT2D eigenvalue weighted by Gasteiger charge is 2.23. The van der Waals surface area contributed by atoms with Crippen LogP contribution in [0.3, 0.4) is 0 Å². The summed E-state index contributed by atoms with van der Waals surface area (Å²) in [6.45, 7) is 1.74. The van der Waals surface area contributed by atoms with E-state index < -0.39 is 23.5 Å². The van der Waals surface area contributed by atoms with Crippen LogP contribution in [-0.4, -0.2) is 43.0 Å². The summed E-state index contributed by atoms with van der Waals surface area (Å²) in [5.41, 5.74) is 0.279. The van der Waals surface area contributed by atoms with Crippen LogP contribution in [0, 0.1) is 0 Å². The van der Waals surface area contributed by atoms with Crippen molar-refractivity contribution in [2.24, 2.45) is 0 Å². The van der Waals surface area contributed by atoms with E-state index in [1.807, 2.05) is 0 Å². The number of nitrogens with zero attached hydrogens (tertiary/aromatic N) is 2. The molecule has 0 aliphatic heterocycles. The van der Waals surface area contributed by atoms with Crippen LogP contribution in [0.5, 0.6) is 11.5 Å². The Labute approximate surface area is 178 Å². The second kappa shape index (κ2) is 9.29. The first-order valence-corrected chi connectivity index (χ1v) is 9.49. The van der Waals surface area contributed by atoms with Crippen molar-refractivity contribution in [2.45, 2.75) is 19.5 Å². The van der Waals surface area contributed by atoms with Gasteiger partial charge in [-0.3, -0.25) is 9.59 Å². The average molecular weight is 425 g/mol. The zero-order chi connectivity index (χ0) is 22.5. The Hall–Kier alpha value is -3.88. The largest absolute Gasteiger partial charge is 0.493 e. The summed E-state index contributed by atoms with van der Waals surface area (Å²) < 4.78 is 16.3. The first-order chi connectivity index (χ1) is 14.9. The number of carbonyl (C=O) groups excluding carboxylic acids is 2. The maximum absolute atomic E-state index is 12.9. The number of fused-ring (bicyclic) bond motifs is 1. The van der Waals surface area contributed by atoms with Gasteiger partial charge in [0.25, 0.3) is 5.56 Å². The van der Waals surface area contributed by atoms with Crippen LogP contribution in [0.15, 0.2) is 47.3 Å². The van der Waals surface area contributed by atoms with E-state index in [0.29, 0.717) is 16.9 Å². The molecule has 162 valence electrons. The van der Waals surface area contributed by atoms with Crippen molar-refractivity contribution < 1.29 is 23.8 Å². The first kappa shape index (κ1) is 21.8. The molecule has 9 nitrogen and oxygen atoms in total. The molecular weight excluding hydrogens is 402 g/mol. The Morgan fingerprint density at radius 3 is 2.35 bits per heavy atom. The van der Waals surface area contributed by atoms with Crippen LogP contribution < -0.4 is 20.3 Å². The fourth-order valence-corrected chi connectivity index (χ4v) is 3.16. The molecule has 0 bridgehead atoms. The summed E-state index contributed by atoms with van der Waals surface area (Å²) in [6, 6.07) is 10.9. The lowest BCUT2D eigenvalue weighted by Gasteiger charge is -2.16. The number of hydrogen-bond acceptors (Lipinski definition) is 7. The quantitative estimate of drug-likeness (QED) is 0.577. The normalized spacial score (nSPS) is 11.6. The highest BCUT2D eigenvalue weighted by atomic mass is 16.5. The lowest BCUT2D eigenvalue weighted by molar-refractivity contribution is -0.124. The summed E-state index contributed by atoms with van der Waals surface area (Å²) in [6.07, 6.45) is 0. The number of hydrogen-bond donors (Lipinski definition) is 1. The van der Waals surface area contributed by atoms with Crippen molar-refractivity contribution >= 4 is 22.6 Å². The van der Waals surface area contributed by atoms with Crippen molar-refractivity contribution in [3.63, 3.8) is 0 Å². The fraction of sp³-hybridized carbons (Fsp3) is 0.273. The molecule has 3 rings (SSSR count). The Kier molecular flexibility index (Phi) is 6.54. The molecule has 0 aliphatic carbocycles. The number of nitrogens with one attached hydrogen (secondary N) is 1. The molecule has 1 amide bonds. The molecule has 2 aromatic carbocycles. The van der Waals surface area contributed by atoms with Gasteiger partial charge in [0, 0.05) is 11.9 Å². The number of amides is 1. The third-order valence-electron chi connectivity index (χ3n) is 4.87. The molecule has 0 unspecified atom stereocenters. The minimum absolute atomic E-state index is 0.0303. The second-order valence-electron chi connectivity index (χ2n) is 6.72. The van der Waals surface area contributed by atoms with Crippen molar-refractivity contribution in [2.75, 3.05) is 21.3 Å². The van der Waals surface area contributed by atoms with Crippen LogP contribution in [0.1, 0.15) is 29.0 Å². The smallest absolute Gasteiger partial charge is 0.359 e. The first-order valence-electron chi connectivity index (χ1n) is 9.49. The van der Waals surface area contributed by atoms with Crippen LogP contribution in [0.4, 0.5) is 0 Å². The fourth-order valence-electron chi connectivity index (χ4n) is 3.16. The highest BCUT2D eigenvalue weighted by Crippen LogP contribution is 2.27. The van der Waals surface area contributed by atoms with E-state index in [9.17, 15) is 14.4 Å². The van der Waals surface area contributed by atoms with E-state index in [1.165, 1.54) is 28.3 Å². The van der Waals surface area contributed by atoms with Gasteiger partial charge in [0.05, 0.1) is 26.7 Å². The van der Waals surface area contributed by atoms with Gasteiger partial charge in [0.15, 0.2) is 17.2 Å². The Balaban J connectivity index is 1.88. The summed E-state index contributed by atoms with van der Waals surface area (Å²) in [5, 5.41) is 7.55. The molecule has 0 aliphatic rings. The predicted octanol–water partition coefficient (Wildman–Crippen LogP) is 2.08. The number of aromatic nitrogens is 2. The molecule has 1 aromatic heterocycles. The van der Waals surface area contributed by atoms with Gasteiger partial charge in [0.2, 0.25) is 5.91 Å². The van der Waals surface area contributed by atoms with Gasteiger partial charge in [-0.1, -0.05) is 24.3 Å². The van der Waals surface area contributed by atoms with E-state index in [4.69, 9.17) is 14.2 Å². The molecule has 1 atom stereocenters. The Morgan fingerprint density at radius 2 is 1.71 bits per heavy atom. The van der Waals surface area contributed by atoms with Gasteiger partial charge in [-0.05, 0) is 30.7 Å². The number of rotatable bonds is 7. The molecule has 0 fully saturated rings. The molecular formula is C22H23N3O6. The maximum atomic E-state index is 12.9. The van der Waals surface area contributed by atoms with Gasteiger partial charge in [0.1, 0.15) is 6.04 Å². The van der Waals surface area contributed by atoms with Gasteiger partial charge >= 0.3 is 5.97 Å². The summed E-state index contributed by atoms with van der Waals surface area (Å²) in [7, 11) is 4.30. The molecule has 0 saturated carbocycles. The third kappa shape index (κ3) is 4.35. The maximum Gasteiger partial charge on any atom is 0.359 e. The lowest BCUT2D eigenvalue weighted by atomic mass is 10.1.